The maximum atomic E-state index is 12.8. The number of aromatic nitrogens is 1. The minimum atomic E-state index is -3.74. The molecule has 0 aliphatic rings. The average molecular weight is 454 g/mol. The van der Waals surface area contributed by atoms with Crippen molar-refractivity contribution in [3.63, 3.8) is 0 Å². The third-order valence-corrected chi connectivity index (χ3v) is 7.70. The Labute approximate surface area is 178 Å². The number of halogens is 1. The molecule has 7 nitrogen and oxygen atoms in total. The number of carbonyl (C=O) groups is 1. The highest BCUT2D eigenvalue weighted by Gasteiger charge is 2.25. The van der Waals surface area contributed by atoms with E-state index in [0.717, 1.165) is 4.70 Å². The van der Waals surface area contributed by atoms with Crippen LogP contribution in [0.25, 0.3) is 10.2 Å². The number of amides is 1. The fourth-order valence-corrected chi connectivity index (χ4v) is 5.02. The molecule has 0 saturated heterocycles. The predicted octanol–water partition coefficient (Wildman–Crippen LogP) is 4.24. The number of carbonyl (C=O) groups excluding carboxylic acids is 1. The molecule has 29 heavy (non-hydrogen) atoms. The van der Waals surface area contributed by atoms with E-state index in [-0.39, 0.29) is 21.5 Å². The Kier molecular flexibility index (Phi) is 6.13. The lowest BCUT2D eigenvalue weighted by molar-refractivity contribution is 0.102. The van der Waals surface area contributed by atoms with E-state index in [9.17, 15) is 13.2 Å². The smallest absolute Gasteiger partial charge is 0.259 e. The van der Waals surface area contributed by atoms with Gasteiger partial charge in [-0.05, 0) is 50.2 Å². The topological polar surface area (TPSA) is 88.6 Å². The van der Waals surface area contributed by atoms with Gasteiger partial charge in [-0.3, -0.25) is 10.1 Å². The molecule has 2 aromatic carbocycles. The molecule has 3 aromatic rings. The Morgan fingerprint density at radius 2 is 1.97 bits per heavy atom. The lowest BCUT2D eigenvalue weighted by Crippen LogP contribution is -2.33. The van der Waals surface area contributed by atoms with Crippen molar-refractivity contribution in [1.82, 2.24) is 9.29 Å². The molecule has 0 aliphatic heterocycles. The standard InChI is InChI=1S/C19H20ClN3O4S2/c1-11(2)23(3)29(25,26)13-6-7-15(20)14(10-13)18(24)22-19-21-16-8-5-12(27-4)9-17(16)28-19/h5-11H,1-4H3,(H,21,22,24). The van der Waals surface area contributed by atoms with Gasteiger partial charge in [0.15, 0.2) is 5.13 Å². The monoisotopic (exact) mass is 453 g/mol. The second-order valence-electron chi connectivity index (χ2n) is 6.56. The van der Waals surface area contributed by atoms with E-state index < -0.39 is 15.9 Å². The van der Waals surface area contributed by atoms with Crippen LogP contribution in [0.4, 0.5) is 5.13 Å². The fraction of sp³-hybridized carbons (Fsp3) is 0.263. The number of sulfonamides is 1. The summed E-state index contributed by atoms with van der Waals surface area (Å²) >= 11 is 7.45. The number of benzene rings is 2. The van der Waals surface area contributed by atoms with Crippen molar-refractivity contribution >= 4 is 54.2 Å². The summed E-state index contributed by atoms with van der Waals surface area (Å²) in [5.74, 6) is 0.152. The largest absolute Gasteiger partial charge is 0.497 e. The number of ether oxygens (including phenoxy) is 1. The summed E-state index contributed by atoms with van der Waals surface area (Å²) in [5.41, 5.74) is 0.772. The van der Waals surface area contributed by atoms with Gasteiger partial charge in [0.25, 0.3) is 5.91 Å². The van der Waals surface area contributed by atoms with Crippen molar-refractivity contribution in [2.75, 3.05) is 19.5 Å². The molecule has 0 fully saturated rings. The van der Waals surface area contributed by atoms with Crippen LogP contribution in [0.2, 0.25) is 5.02 Å². The SMILES string of the molecule is COc1ccc2nc(NC(=O)c3cc(S(=O)(=O)N(C)C(C)C)ccc3Cl)sc2c1. The van der Waals surface area contributed by atoms with E-state index in [0.29, 0.717) is 16.4 Å². The van der Waals surface area contributed by atoms with Crippen LogP contribution in [0.3, 0.4) is 0 Å². The summed E-state index contributed by atoms with van der Waals surface area (Å²) in [4.78, 5) is 17.1. The van der Waals surface area contributed by atoms with Gasteiger partial charge < -0.3 is 4.74 Å². The third-order valence-electron chi connectivity index (χ3n) is 4.40. The van der Waals surface area contributed by atoms with Crippen LogP contribution in [-0.2, 0) is 10.0 Å². The Hall–Kier alpha value is -2.20. The van der Waals surface area contributed by atoms with Crippen molar-refractivity contribution in [2.45, 2.75) is 24.8 Å². The van der Waals surface area contributed by atoms with Crippen molar-refractivity contribution in [1.29, 1.82) is 0 Å². The lowest BCUT2D eigenvalue weighted by atomic mass is 10.2. The third kappa shape index (κ3) is 4.37. The van der Waals surface area contributed by atoms with Crippen LogP contribution in [-0.4, -0.2) is 43.8 Å². The van der Waals surface area contributed by atoms with E-state index in [4.69, 9.17) is 16.3 Å². The van der Waals surface area contributed by atoms with Gasteiger partial charge in [0.1, 0.15) is 5.75 Å². The van der Waals surface area contributed by atoms with Crippen molar-refractivity contribution in [3.05, 3.63) is 47.0 Å². The second-order valence-corrected chi connectivity index (χ2v) is 10.00. The Balaban J connectivity index is 1.91. The molecule has 1 N–H and O–H groups in total. The maximum absolute atomic E-state index is 12.8. The highest BCUT2D eigenvalue weighted by Crippen LogP contribution is 2.30. The van der Waals surface area contributed by atoms with E-state index in [2.05, 4.69) is 10.3 Å². The quantitative estimate of drug-likeness (QED) is 0.603. The molecule has 0 spiro atoms. The zero-order valence-corrected chi connectivity index (χ0v) is 18.7. The Morgan fingerprint density at radius 1 is 1.24 bits per heavy atom. The van der Waals surface area contributed by atoms with Gasteiger partial charge >= 0.3 is 0 Å². The zero-order chi connectivity index (χ0) is 21.3. The van der Waals surface area contributed by atoms with Gasteiger partial charge in [0.05, 0.1) is 32.8 Å². The number of methoxy groups -OCH3 is 1. The van der Waals surface area contributed by atoms with Gasteiger partial charge in [-0.1, -0.05) is 22.9 Å². The van der Waals surface area contributed by atoms with Crippen LogP contribution in [0.1, 0.15) is 24.2 Å². The summed E-state index contributed by atoms with van der Waals surface area (Å²) in [7, 11) is -0.680. The number of hydrogen-bond donors (Lipinski definition) is 1. The van der Waals surface area contributed by atoms with Crippen molar-refractivity contribution < 1.29 is 17.9 Å². The van der Waals surface area contributed by atoms with Crippen LogP contribution in [0.5, 0.6) is 5.75 Å². The first-order valence-corrected chi connectivity index (χ1v) is 11.3. The van der Waals surface area contributed by atoms with Gasteiger partial charge in [-0.15, -0.1) is 0 Å². The summed E-state index contributed by atoms with van der Waals surface area (Å²) in [6.45, 7) is 3.53. The number of nitrogens with one attached hydrogen (secondary N) is 1. The van der Waals surface area contributed by atoms with E-state index in [1.54, 1.807) is 33.1 Å². The molecule has 0 saturated carbocycles. The van der Waals surface area contributed by atoms with Crippen LogP contribution < -0.4 is 10.1 Å². The molecule has 154 valence electrons. The van der Waals surface area contributed by atoms with Crippen LogP contribution in [0, 0.1) is 0 Å². The van der Waals surface area contributed by atoms with Gasteiger partial charge in [0.2, 0.25) is 10.0 Å². The van der Waals surface area contributed by atoms with E-state index in [1.165, 1.54) is 40.9 Å². The highest BCUT2D eigenvalue weighted by atomic mass is 35.5. The summed E-state index contributed by atoms with van der Waals surface area (Å²) in [6.07, 6.45) is 0. The number of hydrogen-bond acceptors (Lipinski definition) is 6. The van der Waals surface area contributed by atoms with Crippen LogP contribution in [0.15, 0.2) is 41.3 Å². The lowest BCUT2D eigenvalue weighted by Gasteiger charge is -2.21. The minimum absolute atomic E-state index is 0.00251. The molecular weight excluding hydrogens is 434 g/mol. The molecule has 0 aliphatic carbocycles. The molecule has 10 heteroatoms. The molecular formula is C19H20ClN3O4S2. The first kappa shape index (κ1) is 21.5. The average Bonchev–Trinajstić information content (AvgIpc) is 3.08. The number of anilines is 1. The number of thiazole rings is 1. The summed E-state index contributed by atoms with van der Waals surface area (Å²) in [5, 5.41) is 3.22. The van der Waals surface area contributed by atoms with E-state index >= 15 is 0 Å². The summed E-state index contributed by atoms with van der Waals surface area (Å²) in [6, 6.07) is 9.24. The molecule has 0 bridgehead atoms. The fourth-order valence-electron chi connectivity index (χ4n) is 2.53. The van der Waals surface area contributed by atoms with Gasteiger partial charge in [-0.25, -0.2) is 13.4 Å². The molecule has 0 unspecified atom stereocenters. The first-order valence-electron chi connectivity index (χ1n) is 8.67. The maximum Gasteiger partial charge on any atom is 0.259 e. The van der Waals surface area contributed by atoms with Crippen LogP contribution >= 0.6 is 22.9 Å². The number of fused-ring (bicyclic) bond motifs is 1. The molecule has 1 aromatic heterocycles. The predicted molar refractivity (Wildman–Crippen MR) is 116 cm³/mol. The van der Waals surface area contributed by atoms with Gasteiger partial charge in [0, 0.05) is 13.1 Å². The normalized spacial score (nSPS) is 12.0. The first-order chi connectivity index (χ1) is 13.6. The molecule has 0 atom stereocenters. The Morgan fingerprint density at radius 3 is 2.62 bits per heavy atom. The summed E-state index contributed by atoms with van der Waals surface area (Å²) < 4.78 is 32.7. The molecule has 3 rings (SSSR count). The van der Waals surface area contributed by atoms with Crippen molar-refractivity contribution in [2.24, 2.45) is 0 Å². The highest BCUT2D eigenvalue weighted by molar-refractivity contribution is 7.89. The molecule has 0 radical (unpaired) electrons. The zero-order valence-electron chi connectivity index (χ0n) is 16.3. The second kappa shape index (κ2) is 8.27. The van der Waals surface area contributed by atoms with Gasteiger partial charge in [-0.2, -0.15) is 4.31 Å². The van der Waals surface area contributed by atoms with E-state index in [1.807, 2.05) is 6.07 Å². The van der Waals surface area contributed by atoms with Crippen molar-refractivity contribution in [3.8, 4) is 5.75 Å². The number of nitrogens with zero attached hydrogens (tertiary/aromatic N) is 2. The minimum Gasteiger partial charge on any atom is -0.497 e. The molecule has 1 heterocycles. The Bertz CT molecular complexity index is 1180. The molecule has 1 amide bonds. The number of rotatable bonds is 6.